The average Bonchev–Trinajstić information content (AvgIpc) is 2.96. The van der Waals surface area contributed by atoms with Gasteiger partial charge >= 0.3 is 6.55 Å². The molecule has 22 heavy (non-hydrogen) atoms. The van der Waals surface area contributed by atoms with Crippen LogP contribution in [0.15, 0.2) is 65.8 Å². The van der Waals surface area contributed by atoms with Gasteiger partial charge in [-0.15, -0.1) is 0 Å². The van der Waals surface area contributed by atoms with Crippen molar-refractivity contribution in [2.24, 2.45) is 0 Å². The zero-order valence-corrected chi connectivity index (χ0v) is 12.7. The lowest BCUT2D eigenvalue weighted by atomic mass is 10.0. The summed E-state index contributed by atoms with van der Waals surface area (Å²) >= 11 is 1.22. The molecule has 2 nitrogen and oxygen atoms in total. The number of rotatable bonds is 4. The van der Waals surface area contributed by atoms with Crippen molar-refractivity contribution in [2.45, 2.75) is 11.7 Å². The molecule has 0 aliphatic rings. The van der Waals surface area contributed by atoms with E-state index in [1.165, 1.54) is 11.8 Å². The molecule has 1 heterocycles. The number of alkyl halides is 2. The fourth-order valence-corrected chi connectivity index (χ4v) is 2.96. The smallest absolute Gasteiger partial charge is 0.260 e. The summed E-state index contributed by atoms with van der Waals surface area (Å²) in [6.07, 6.45) is 1.75. The second-order valence-electron chi connectivity index (χ2n) is 4.68. The summed E-state index contributed by atoms with van der Waals surface area (Å²) in [5.74, 6) is 0. The number of hydrogen-bond acceptors (Lipinski definition) is 2. The molecule has 5 heteroatoms. The predicted molar refractivity (Wildman–Crippen MR) is 86.1 cm³/mol. The van der Waals surface area contributed by atoms with Crippen LogP contribution < -0.4 is 0 Å². The zero-order valence-electron chi connectivity index (χ0n) is 11.9. The normalized spacial score (nSPS) is 11.1. The number of aromatic nitrogens is 2. The van der Waals surface area contributed by atoms with Crippen LogP contribution in [0, 0.1) is 0 Å². The topological polar surface area (TPSA) is 17.8 Å². The van der Waals surface area contributed by atoms with Gasteiger partial charge in [0.2, 0.25) is 0 Å². The quantitative estimate of drug-likeness (QED) is 0.605. The summed E-state index contributed by atoms with van der Waals surface area (Å²) < 4.78 is 28.2. The standard InChI is InChI=1S/C17H14F2N2S/c1-22-17-20-14(12-8-4-2-5-9-12)15(21(17)16(18)19)13-10-6-3-7-11-13/h2-11,16H,1H3. The van der Waals surface area contributed by atoms with Gasteiger partial charge in [-0.25, -0.2) is 4.98 Å². The first-order valence-electron chi connectivity index (χ1n) is 6.77. The second-order valence-corrected chi connectivity index (χ2v) is 5.45. The number of nitrogens with zero attached hydrogens (tertiary/aromatic N) is 2. The Morgan fingerprint density at radius 2 is 1.45 bits per heavy atom. The molecule has 3 aromatic rings. The Hall–Kier alpha value is -2.14. The largest absolute Gasteiger partial charge is 0.321 e. The molecule has 0 aliphatic carbocycles. The summed E-state index contributed by atoms with van der Waals surface area (Å²) in [4.78, 5) is 4.44. The van der Waals surface area contributed by atoms with Crippen LogP contribution in [-0.4, -0.2) is 15.8 Å². The fourth-order valence-electron chi connectivity index (χ4n) is 2.41. The zero-order chi connectivity index (χ0) is 15.5. The van der Waals surface area contributed by atoms with Crippen LogP contribution in [0.4, 0.5) is 8.78 Å². The van der Waals surface area contributed by atoms with Crippen molar-refractivity contribution in [2.75, 3.05) is 6.26 Å². The van der Waals surface area contributed by atoms with Gasteiger partial charge in [-0.05, 0) is 6.26 Å². The maximum atomic E-state index is 13.6. The van der Waals surface area contributed by atoms with Crippen molar-refractivity contribution in [3.8, 4) is 22.5 Å². The van der Waals surface area contributed by atoms with Gasteiger partial charge in [0.15, 0.2) is 5.16 Å². The number of hydrogen-bond donors (Lipinski definition) is 0. The third kappa shape index (κ3) is 2.64. The summed E-state index contributed by atoms with van der Waals surface area (Å²) in [6.45, 7) is -2.64. The minimum Gasteiger partial charge on any atom is -0.260 e. The van der Waals surface area contributed by atoms with Crippen molar-refractivity contribution in [1.82, 2.24) is 9.55 Å². The molecule has 0 spiro atoms. The van der Waals surface area contributed by atoms with E-state index in [2.05, 4.69) is 4.98 Å². The Balaban J connectivity index is 2.31. The number of halogens is 2. The number of imidazole rings is 1. The minimum absolute atomic E-state index is 0.313. The van der Waals surface area contributed by atoms with Crippen molar-refractivity contribution in [3.05, 3.63) is 60.7 Å². The molecule has 2 aromatic carbocycles. The number of thioether (sulfide) groups is 1. The van der Waals surface area contributed by atoms with Gasteiger partial charge in [-0.1, -0.05) is 72.4 Å². The Morgan fingerprint density at radius 1 is 0.909 bits per heavy atom. The third-order valence-electron chi connectivity index (χ3n) is 3.35. The van der Waals surface area contributed by atoms with E-state index < -0.39 is 6.55 Å². The van der Waals surface area contributed by atoms with Gasteiger partial charge < -0.3 is 0 Å². The molecule has 1 aromatic heterocycles. The van der Waals surface area contributed by atoms with Gasteiger partial charge in [0.05, 0.1) is 11.4 Å². The highest BCUT2D eigenvalue weighted by Gasteiger charge is 2.24. The Kier molecular flexibility index (Phi) is 4.24. The lowest BCUT2D eigenvalue weighted by molar-refractivity contribution is 0.0629. The van der Waals surface area contributed by atoms with E-state index >= 15 is 0 Å². The molecule has 112 valence electrons. The van der Waals surface area contributed by atoms with Crippen LogP contribution in [-0.2, 0) is 0 Å². The van der Waals surface area contributed by atoms with E-state index in [0.29, 0.717) is 16.5 Å². The van der Waals surface area contributed by atoms with Crippen LogP contribution in [0.5, 0.6) is 0 Å². The highest BCUT2D eigenvalue weighted by Crippen LogP contribution is 2.38. The molecule has 3 rings (SSSR count). The van der Waals surface area contributed by atoms with E-state index in [-0.39, 0.29) is 0 Å². The van der Waals surface area contributed by atoms with Crippen LogP contribution >= 0.6 is 11.8 Å². The SMILES string of the molecule is CSc1nc(-c2ccccc2)c(-c2ccccc2)n1C(F)F. The Labute approximate surface area is 131 Å². The summed E-state index contributed by atoms with van der Waals surface area (Å²) in [5, 5.41) is 0.313. The molecule has 0 amide bonds. The van der Waals surface area contributed by atoms with Crippen molar-refractivity contribution in [1.29, 1.82) is 0 Å². The first-order chi connectivity index (χ1) is 10.7. The maximum absolute atomic E-state index is 13.6. The second kappa shape index (κ2) is 6.32. The van der Waals surface area contributed by atoms with Gasteiger partial charge in [0.1, 0.15) is 0 Å². The van der Waals surface area contributed by atoms with E-state index in [1.807, 2.05) is 60.7 Å². The molecule has 0 atom stereocenters. The van der Waals surface area contributed by atoms with E-state index in [0.717, 1.165) is 15.7 Å². The minimum atomic E-state index is -2.64. The van der Waals surface area contributed by atoms with E-state index in [9.17, 15) is 8.78 Å². The molecule has 0 unspecified atom stereocenters. The molecule has 0 radical (unpaired) electrons. The average molecular weight is 316 g/mol. The van der Waals surface area contributed by atoms with Gasteiger partial charge in [0, 0.05) is 11.1 Å². The first-order valence-corrected chi connectivity index (χ1v) is 8.00. The third-order valence-corrected chi connectivity index (χ3v) is 4.00. The lowest BCUT2D eigenvalue weighted by Gasteiger charge is -2.11. The van der Waals surface area contributed by atoms with Crippen LogP contribution in [0.2, 0.25) is 0 Å². The van der Waals surface area contributed by atoms with Gasteiger partial charge in [-0.2, -0.15) is 8.78 Å². The number of benzene rings is 2. The lowest BCUT2D eigenvalue weighted by Crippen LogP contribution is -2.02. The Bertz CT molecular complexity index is 755. The molecule has 0 saturated carbocycles. The van der Waals surface area contributed by atoms with Crippen LogP contribution in [0.3, 0.4) is 0 Å². The molecule has 0 fully saturated rings. The fraction of sp³-hybridized carbons (Fsp3) is 0.118. The monoisotopic (exact) mass is 316 g/mol. The summed E-state index contributed by atoms with van der Waals surface area (Å²) in [7, 11) is 0. The van der Waals surface area contributed by atoms with Crippen molar-refractivity contribution in [3.63, 3.8) is 0 Å². The maximum Gasteiger partial charge on any atom is 0.321 e. The van der Waals surface area contributed by atoms with Gasteiger partial charge in [-0.3, -0.25) is 4.57 Å². The van der Waals surface area contributed by atoms with Crippen molar-refractivity contribution < 1.29 is 8.78 Å². The first kappa shape index (κ1) is 14.8. The van der Waals surface area contributed by atoms with Crippen LogP contribution in [0.25, 0.3) is 22.5 Å². The molecule has 0 N–H and O–H groups in total. The molecule has 0 aliphatic heterocycles. The van der Waals surface area contributed by atoms with Gasteiger partial charge in [0.25, 0.3) is 0 Å². The van der Waals surface area contributed by atoms with E-state index in [4.69, 9.17) is 0 Å². The van der Waals surface area contributed by atoms with Crippen LogP contribution in [0.1, 0.15) is 6.55 Å². The molecular weight excluding hydrogens is 302 g/mol. The highest BCUT2D eigenvalue weighted by atomic mass is 32.2. The predicted octanol–water partition coefficient (Wildman–Crippen LogP) is 5.33. The summed E-state index contributed by atoms with van der Waals surface area (Å²) in [5.41, 5.74) is 2.59. The summed E-state index contributed by atoms with van der Waals surface area (Å²) in [6, 6.07) is 18.6. The van der Waals surface area contributed by atoms with Crippen molar-refractivity contribution >= 4 is 11.8 Å². The molecule has 0 saturated heterocycles. The Morgan fingerprint density at radius 3 is 1.95 bits per heavy atom. The highest BCUT2D eigenvalue weighted by molar-refractivity contribution is 7.98. The van der Waals surface area contributed by atoms with E-state index in [1.54, 1.807) is 6.26 Å². The molecular formula is C17H14F2N2S. The molecule has 0 bridgehead atoms.